The maximum atomic E-state index is 11.5. The fourth-order valence-corrected chi connectivity index (χ4v) is 1.71. The summed E-state index contributed by atoms with van der Waals surface area (Å²) in [6, 6.07) is -0.0556. The van der Waals surface area contributed by atoms with Gasteiger partial charge in [-0.3, -0.25) is 9.69 Å². The van der Waals surface area contributed by atoms with E-state index in [1.54, 1.807) is 0 Å². The summed E-state index contributed by atoms with van der Waals surface area (Å²) in [7, 11) is 1.46. The number of hydrogen-bond donors (Lipinski definition) is 0. The van der Waals surface area contributed by atoms with Crippen LogP contribution in [0.4, 0.5) is 0 Å². The highest BCUT2D eigenvalue weighted by Gasteiger charge is 2.23. The first-order valence-corrected chi connectivity index (χ1v) is 5.53. The standard InChI is InChI=1S/C11H23NO2/c1-5-8-12(9-6-2)10(7-3)11(13)14-4/h10H,5-9H2,1-4H3. The van der Waals surface area contributed by atoms with E-state index < -0.39 is 0 Å². The van der Waals surface area contributed by atoms with E-state index in [4.69, 9.17) is 4.74 Å². The number of carbonyl (C=O) groups excluding carboxylic acids is 1. The molecule has 0 bridgehead atoms. The van der Waals surface area contributed by atoms with Crippen molar-refractivity contribution < 1.29 is 9.53 Å². The Hall–Kier alpha value is -0.570. The van der Waals surface area contributed by atoms with Gasteiger partial charge < -0.3 is 4.74 Å². The first-order chi connectivity index (χ1) is 6.71. The first-order valence-electron chi connectivity index (χ1n) is 5.53. The third-order valence-electron chi connectivity index (χ3n) is 2.32. The van der Waals surface area contributed by atoms with Crippen molar-refractivity contribution in [2.24, 2.45) is 0 Å². The van der Waals surface area contributed by atoms with Crippen molar-refractivity contribution in [2.75, 3.05) is 20.2 Å². The highest BCUT2D eigenvalue weighted by molar-refractivity contribution is 5.75. The molecule has 3 nitrogen and oxygen atoms in total. The van der Waals surface area contributed by atoms with Crippen LogP contribution < -0.4 is 0 Å². The Kier molecular flexibility index (Phi) is 7.48. The van der Waals surface area contributed by atoms with Gasteiger partial charge in [0, 0.05) is 0 Å². The first kappa shape index (κ1) is 13.4. The number of carbonyl (C=O) groups is 1. The third-order valence-corrected chi connectivity index (χ3v) is 2.32. The molecule has 84 valence electrons. The molecule has 0 saturated heterocycles. The molecule has 0 aliphatic heterocycles. The maximum Gasteiger partial charge on any atom is 0.323 e. The molecule has 0 aliphatic carbocycles. The summed E-state index contributed by atoms with van der Waals surface area (Å²) in [4.78, 5) is 13.7. The molecule has 0 N–H and O–H groups in total. The van der Waals surface area contributed by atoms with Crippen LogP contribution in [0.15, 0.2) is 0 Å². The quantitative estimate of drug-likeness (QED) is 0.590. The number of rotatable bonds is 7. The minimum Gasteiger partial charge on any atom is -0.468 e. The van der Waals surface area contributed by atoms with E-state index in [1.165, 1.54) is 7.11 Å². The van der Waals surface area contributed by atoms with Crippen LogP contribution in [0.25, 0.3) is 0 Å². The van der Waals surface area contributed by atoms with E-state index in [0.717, 1.165) is 32.4 Å². The van der Waals surface area contributed by atoms with E-state index >= 15 is 0 Å². The average molecular weight is 201 g/mol. The van der Waals surface area contributed by atoms with Crippen LogP contribution >= 0.6 is 0 Å². The van der Waals surface area contributed by atoms with E-state index in [2.05, 4.69) is 18.7 Å². The van der Waals surface area contributed by atoms with Crippen molar-refractivity contribution in [2.45, 2.75) is 46.1 Å². The summed E-state index contributed by atoms with van der Waals surface area (Å²) in [5.74, 6) is -0.102. The predicted octanol–water partition coefficient (Wildman–Crippen LogP) is 2.06. The lowest BCUT2D eigenvalue weighted by atomic mass is 10.1. The zero-order valence-electron chi connectivity index (χ0n) is 9.88. The van der Waals surface area contributed by atoms with Gasteiger partial charge in [-0.15, -0.1) is 0 Å². The van der Waals surface area contributed by atoms with Crippen molar-refractivity contribution in [3.8, 4) is 0 Å². The SMILES string of the molecule is CCCN(CCC)C(CC)C(=O)OC. The van der Waals surface area contributed by atoms with Crippen molar-refractivity contribution in [3.05, 3.63) is 0 Å². The molecule has 1 atom stereocenters. The highest BCUT2D eigenvalue weighted by Crippen LogP contribution is 2.08. The molecule has 14 heavy (non-hydrogen) atoms. The van der Waals surface area contributed by atoms with Crippen LogP contribution in [0.1, 0.15) is 40.0 Å². The second-order valence-electron chi connectivity index (χ2n) is 3.48. The molecule has 0 radical (unpaired) electrons. The van der Waals surface area contributed by atoms with Gasteiger partial charge in [0.1, 0.15) is 6.04 Å². The smallest absolute Gasteiger partial charge is 0.323 e. The maximum absolute atomic E-state index is 11.5. The molecular weight excluding hydrogens is 178 g/mol. The minimum atomic E-state index is -0.102. The Morgan fingerprint density at radius 1 is 1.21 bits per heavy atom. The zero-order chi connectivity index (χ0) is 11.0. The number of ether oxygens (including phenoxy) is 1. The summed E-state index contributed by atoms with van der Waals surface area (Å²) in [6.45, 7) is 8.24. The summed E-state index contributed by atoms with van der Waals surface area (Å²) in [6.07, 6.45) is 2.98. The van der Waals surface area contributed by atoms with Gasteiger partial charge in [0.15, 0.2) is 0 Å². The van der Waals surface area contributed by atoms with Crippen LogP contribution in [-0.4, -0.2) is 37.1 Å². The monoisotopic (exact) mass is 201 g/mol. The Morgan fingerprint density at radius 3 is 2.00 bits per heavy atom. The fraction of sp³-hybridized carbons (Fsp3) is 0.909. The van der Waals surface area contributed by atoms with E-state index in [1.807, 2.05) is 6.92 Å². The van der Waals surface area contributed by atoms with Crippen molar-refractivity contribution >= 4 is 5.97 Å². The van der Waals surface area contributed by atoms with E-state index in [-0.39, 0.29) is 12.0 Å². The topological polar surface area (TPSA) is 29.5 Å². The molecule has 1 unspecified atom stereocenters. The summed E-state index contributed by atoms with van der Waals surface area (Å²) in [5, 5.41) is 0. The number of hydrogen-bond acceptors (Lipinski definition) is 3. The number of nitrogens with zero attached hydrogens (tertiary/aromatic N) is 1. The molecule has 0 spiro atoms. The summed E-state index contributed by atoms with van der Waals surface area (Å²) < 4.78 is 4.80. The second kappa shape index (κ2) is 7.80. The highest BCUT2D eigenvalue weighted by atomic mass is 16.5. The Bertz CT molecular complexity index is 153. The van der Waals surface area contributed by atoms with Crippen molar-refractivity contribution in [1.29, 1.82) is 0 Å². The second-order valence-corrected chi connectivity index (χ2v) is 3.48. The number of esters is 1. The van der Waals surface area contributed by atoms with Gasteiger partial charge in [0.25, 0.3) is 0 Å². The van der Waals surface area contributed by atoms with Gasteiger partial charge in [0.05, 0.1) is 7.11 Å². The predicted molar refractivity (Wildman–Crippen MR) is 58.3 cm³/mol. The van der Waals surface area contributed by atoms with Gasteiger partial charge in [-0.2, -0.15) is 0 Å². The molecule has 0 aromatic heterocycles. The van der Waals surface area contributed by atoms with E-state index in [9.17, 15) is 4.79 Å². The lowest BCUT2D eigenvalue weighted by Crippen LogP contribution is -2.42. The molecule has 0 saturated carbocycles. The molecule has 0 rings (SSSR count). The van der Waals surface area contributed by atoms with Gasteiger partial charge in [-0.25, -0.2) is 0 Å². The van der Waals surface area contributed by atoms with Crippen LogP contribution in [0.3, 0.4) is 0 Å². The van der Waals surface area contributed by atoms with Gasteiger partial charge in [-0.1, -0.05) is 20.8 Å². The van der Waals surface area contributed by atoms with Crippen LogP contribution in [0, 0.1) is 0 Å². The lowest BCUT2D eigenvalue weighted by Gasteiger charge is -2.28. The summed E-state index contributed by atoms with van der Waals surface area (Å²) >= 11 is 0. The number of methoxy groups -OCH3 is 1. The fourth-order valence-electron chi connectivity index (χ4n) is 1.71. The van der Waals surface area contributed by atoms with Gasteiger partial charge >= 0.3 is 5.97 Å². The minimum absolute atomic E-state index is 0.0556. The third kappa shape index (κ3) is 4.09. The van der Waals surface area contributed by atoms with Crippen LogP contribution in [-0.2, 0) is 9.53 Å². The summed E-state index contributed by atoms with van der Waals surface area (Å²) in [5.41, 5.74) is 0. The van der Waals surface area contributed by atoms with Crippen LogP contribution in [0.2, 0.25) is 0 Å². The Labute approximate surface area is 87.4 Å². The molecule has 0 aromatic rings. The lowest BCUT2D eigenvalue weighted by molar-refractivity contribution is -0.147. The van der Waals surface area contributed by atoms with Crippen molar-refractivity contribution in [3.63, 3.8) is 0 Å². The molecule has 3 heteroatoms. The zero-order valence-corrected chi connectivity index (χ0v) is 9.88. The Balaban J connectivity index is 4.31. The Morgan fingerprint density at radius 2 is 1.71 bits per heavy atom. The molecular formula is C11H23NO2. The molecule has 0 aliphatic rings. The molecule has 0 heterocycles. The van der Waals surface area contributed by atoms with Gasteiger partial charge in [-0.05, 0) is 32.4 Å². The van der Waals surface area contributed by atoms with E-state index in [0.29, 0.717) is 0 Å². The molecule has 0 amide bonds. The molecule has 0 aromatic carbocycles. The average Bonchev–Trinajstić information content (AvgIpc) is 2.19. The normalized spacial score (nSPS) is 12.9. The molecule has 0 fully saturated rings. The van der Waals surface area contributed by atoms with Gasteiger partial charge in [0.2, 0.25) is 0 Å². The largest absolute Gasteiger partial charge is 0.468 e. The van der Waals surface area contributed by atoms with Crippen LogP contribution in [0.5, 0.6) is 0 Å². The van der Waals surface area contributed by atoms with Crippen molar-refractivity contribution in [1.82, 2.24) is 4.90 Å².